The van der Waals surface area contributed by atoms with Crippen LogP contribution in [0.3, 0.4) is 0 Å². The third-order valence-electron chi connectivity index (χ3n) is 6.57. The Hall–Kier alpha value is -3.43. The number of tetrazole rings is 1. The number of aliphatic carboxylic acids is 1. The lowest BCUT2D eigenvalue weighted by atomic mass is 9.89. The lowest BCUT2D eigenvalue weighted by Gasteiger charge is -2.53. The fourth-order valence-electron chi connectivity index (χ4n) is 4.44. The summed E-state index contributed by atoms with van der Waals surface area (Å²) >= 11 is 3.36. The van der Waals surface area contributed by atoms with E-state index in [9.17, 15) is 19.5 Å². The number of nitrogens with zero attached hydrogens (tertiary/aromatic N) is 8. The molecule has 1 saturated carbocycles. The summed E-state index contributed by atoms with van der Waals surface area (Å²) in [4.78, 5) is 49.7. The minimum absolute atomic E-state index is 0.0158. The molecule has 0 radical (unpaired) electrons. The summed E-state index contributed by atoms with van der Waals surface area (Å²) in [6, 6.07) is -0.863. The fourth-order valence-corrected chi connectivity index (χ4v) is 7.61. The van der Waals surface area contributed by atoms with Crippen LogP contribution in [0.2, 0.25) is 0 Å². The third-order valence-corrected chi connectivity index (χ3v) is 9.94. The maximum absolute atomic E-state index is 13.2. The number of fused-ring (bicyclic) bond motifs is 1. The highest BCUT2D eigenvalue weighted by atomic mass is 32.2. The van der Waals surface area contributed by atoms with E-state index in [1.165, 1.54) is 21.3 Å². The van der Waals surface area contributed by atoms with Crippen molar-refractivity contribution in [1.82, 2.24) is 39.8 Å². The molecule has 4 N–H and O–H groups in total. The zero-order chi connectivity index (χ0) is 27.6. The van der Waals surface area contributed by atoms with Crippen molar-refractivity contribution in [2.24, 2.45) is 10.6 Å². The van der Waals surface area contributed by atoms with Crippen molar-refractivity contribution in [2.75, 3.05) is 23.8 Å². The van der Waals surface area contributed by atoms with Gasteiger partial charge in [0.05, 0.1) is 0 Å². The van der Waals surface area contributed by atoms with Crippen LogP contribution in [0.5, 0.6) is 0 Å². The summed E-state index contributed by atoms with van der Waals surface area (Å²) in [6.07, 6.45) is 8.94. The van der Waals surface area contributed by atoms with E-state index in [0.717, 1.165) is 49.0 Å². The predicted octanol–water partition coefficient (Wildman–Crippen LogP) is -0.333. The largest absolute Gasteiger partial charge is 0.481 e. The van der Waals surface area contributed by atoms with Gasteiger partial charge < -0.3 is 25.9 Å². The molecule has 0 spiro atoms. The molecule has 1 aliphatic carbocycles. The van der Waals surface area contributed by atoms with Crippen molar-refractivity contribution >= 4 is 63.7 Å². The first-order valence-corrected chi connectivity index (χ1v) is 14.7. The Bertz CT molecular complexity index is 1340. The van der Waals surface area contributed by atoms with Crippen LogP contribution in [0, 0.1) is 17.8 Å². The number of β-lactam (4-membered cyclic amide) rings is 1. The van der Waals surface area contributed by atoms with Gasteiger partial charge in [-0.1, -0.05) is 22.8 Å². The van der Waals surface area contributed by atoms with Crippen LogP contribution in [-0.4, -0.2) is 98.6 Å². The summed E-state index contributed by atoms with van der Waals surface area (Å²) in [7, 11) is 0. The number of hydrogen-bond acceptors (Lipinski definition) is 14. The highest BCUT2D eigenvalue weighted by Gasteiger charge is 2.57. The third kappa shape index (κ3) is 5.51. The number of amides is 2. The van der Waals surface area contributed by atoms with Gasteiger partial charge in [-0.2, -0.15) is 9.36 Å². The van der Waals surface area contributed by atoms with E-state index >= 15 is 0 Å². The Morgan fingerprint density at radius 1 is 1.38 bits per heavy atom. The number of carbonyl (C=O) groups excluding carboxylic acids is 2. The number of terminal acetylenes is 1. The molecule has 2 saturated heterocycles. The highest BCUT2D eigenvalue weighted by molar-refractivity contribution is 8.00. The number of carboxylic acid groups (broad SMARTS) is 1. The van der Waals surface area contributed by atoms with Gasteiger partial charge in [0.1, 0.15) is 29.5 Å². The average Bonchev–Trinajstić information content (AvgIpc) is 3.69. The normalized spacial score (nSPS) is 25.1. The molecule has 2 unspecified atom stereocenters. The molecule has 3 atom stereocenters. The first-order chi connectivity index (χ1) is 18.8. The van der Waals surface area contributed by atoms with E-state index < -0.39 is 34.6 Å². The topological polar surface area (TPSA) is 204 Å². The molecular formula is C21H24N10O5S3. The molecule has 5 rings (SSSR count). The van der Waals surface area contributed by atoms with Crippen molar-refractivity contribution in [3.8, 4) is 12.3 Å². The molecule has 3 fully saturated rings. The second-order valence-corrected chi connectivity index (χ2v) is 12.1. The SMILES string of the molecule is C#CCn1nnnc1SCC1(C(=O)O)CS[C@@H]2C(NC(=O)C(=NOC3CCCC3)c3nsc(N)n3)C(=O)N2C1. The number of nitrogens with one attached hydrogen (secondary N) is 1. The number of oxime groups is 1. The number of carbonyl (C=O) groups is 3. The molecule has 15 nitrogen and oxygen atoms in total. The maximum atomic E-state index is 13.2. The Kier molecular flexibility index (Phi) is 7.91. The molecule has 3 aliphatic rings. The summed E-state index contributed by atoms with van der Waals surface area (Å²) in [5.41, 5.74) is 4.29. The van der Waals surface area contributed by atoms with Gasteiger partial charge in [-0.15, -0.1) is 23.3 Å². The van der Waals surface area contributed by atoms with E-state index in [4.69, 9.17) is 17.0 Å². The molecule has 18 heteroatoms. The van der Waals surface area contributed by atoms with Crippen LogP contribution in [0.1, 0.15) is 31.5 Å². The van der Waals surface area contributed by atoms with Crippen LogP contribution < -0.4 is 11.1 Å². The zero-order valence-electron chi connectivity index (χ0n) is 20.4. The van der Waals surface area contributed by atoms with Crippen molar-refractivity contribution in [2.45, 2.75) is 54.9 Å². The molecule has 4 heterocycles. The Morgan fingerprint density at radius 2 is 2.18 bits per heavy atom. The summed E-state index contributed by atoms with van der Waals surface area (Å²) in [5.74, 6) is 0.688. The number of aromatic nitrogens is 6. The molecule has 0 aromatic carbocycles. The second-order valence-electron chi connectivity index (χ2n) is 9.22. The van der Waals surface area contributed by atoms with Gasteiger partial charge in [0.2, 0.25) is 22.6 Å². The number of rotatable bonds is 10. The van der Waals surface area contributed by atoms with Gasteiger partial charge in [-0.25, -0.2) is 4.68 Å². The van der Waals surface area contributed by atoms with E-state index in [1.54, 1.807) is 0 Å². The number of nitrogen functional groups attached to an aromatic ring is 1. The predicted molar refractivity (Wildman–Crippen MR) is 142 cm³/mol. The molecular weight excluding hydrogens is 568 g/mol. The Labute approximate surface area is 234 Å². The molecule has 2 aliphatic heterocycles. The van der Waals surface area contributed by atoms with Crippen LogP contribution in [0.25, 0.3) is 0 Å². The lowest BCUT2D eigenvalue weighted by Crippen LogP contribution is -2.74. The number of carboxylic acids is 1. The number of nitrogens with two attached hydrogens (primary N) is 1. The van der Waals surface area contributed by atoms with Crippen molar-refractivity contribution < 1.29 is 24.3 Å². The average molecular weight is 593 g/mol. The smallest absolute Gasteiger partial charge is 0.313 e. The van der Waals surface area contributed by atoms with Gasteiger partial charge in [0.15, 0.2) is 5.13 Å². The first-order valence-electron chi connectivity index (χ1n) is 11.9. The molecule has 0 bridgehead atoms. The molecule has 2 aromatic heterocycles. The fraction of sp³-hybridized carbons (Fsp3) is 0.571. The Morgan fingerprint density at radius 3 is 2.87 bits per heavy atom. The molecule has 206 valence electrons. The van der Waals surface area contributed by atoms with E-state index in [0.29, 0.717) is 5.16 Å². The Balaban J connectivity index is 1.25. The van der Waals surface area contributed by atoms with Crippen LogP contribution >= 0.6 is 35.1 Å². The van der Waals surface area contributed by atoms with Gasteiger partial charge in [0.25, 0.3) is 5.91 Å². The standard InChI is InChI=1S/C21H24N10O5S3/c1-2-7-31-20(25-28-29-31)38-10-21(18(34)35)8-30-16(33)13(17(30)37-9-21)23-15(32)12(14-24-19(22)39-27-14)26-36-11-5-3-4-6-11/h1,11,13,17H,3-10H2,(H,23,32)(H,34,35)(H2,22,24,27)/t13?,17-,21?/m1/s1. The number of hydrogen-bond donors (Lipinski definition) is 3. The van der Waals surface area contributed by atoms with Gasteiger partial charge >= 0.3 is 5.97 Å². The second kappa shape index (κ2) is 11.4. The minimum atomic E-state index is -1.24. The van der Waals surface area contributed by atoms with Gasteiger partial charge in [-0.3, -0.25) is 14.4 Å². The van der Waals surface area contributed by atoms with E-state index in [2.05, 4.69) is 41.3 Å². The van der Waals surface area contributed by atoms with Crippen molar-refractivity contribution in [3.63, 3.8) is 0 Å². The zero-order valence-corrected chi connectivity index (χ0v) is 22.9. The number of anilines is 1. The van der Waals surface area contributed by atoms with Crippen molar-refractivity contribution in [1.29, 1.82) is 0 Å². The lowest BCUT2D eigenvalue weighted by molar-refractivity contribution is -0.157. The van der Waals surface area contributed by atoms with Crippen LogP contribution in [0.15, 0.2) is 10.3 Å². The highest BCUT2D eigenvalue weighted by Crippen LogP contribution is 2.44. The van der Waals surface area contributed by atoms with E-state index in [1.807, 2.05) is 0 Å². The van der Waals surface area contributed by atoms with Crippen molar-refractivity contribution in [3.05, 3.63) is 5.82 Å². The first kappa shape index (κ1) is 27.1. The van der Waals surface area contributed by atoms with Gasteiger partial charge in [0, 0.05) is 29.6 Å². The number of thioether (sulfide) groups is 2. The summed E-state index contributed by atoms with van der Waals surface area (Å²) in [6.45, 7) is 0.128. The van der Waals surface area contributed by atoms with Crippen LogP contribution in [-0.2, 0) is 25.8 Å². The summed E-state index contributed by atoms with van der Waals surface area (Å²) in [5, 5.41) is 28.2. The maximum Gasteiger partial charge on any atom is 0.313 e. The van der Waals surface area contributed by atoms with Gasteiger partial charge in [-0.05, 0) is 36.1 Å². The quantitative estimate of drug-likeness (QED) is 0.106. The van der Waals surface area contributed by atoms with E-state index in [-0.39, 0.29) is 47.4 Å². The molecule has 2 amide bonds. The minimum Gasteiger partial charge on any atom is -0.481 e. The summed E-state index contributed by atoms with van der Waals surface area (Å²) < 4.78 is 5.47. The molecule has 39 heavy (non-hydrogen) atoms. The monoisotopic (exact) mass is 592 g/mol. The molecule has 2 aromatic rings. The van der Waals surface area contributed by atoms with Crippen LogP contribution in [0.4, 0.5) is 5.13 Å².